The molecule has 198 valence electrons. The highest BCUT2D eigenvalue weighted by Gasteiger charge is 2.26. The number of thioether (sulfide) groups is 1. The number of nitrogens with zero attached hydrogens (tertiary/aromatic N) is 3. The van der Waals surface area contributed by atoms with Gasteiger partial charge in [-0.1, -0.05) is 11.8 Å². The van der Waals surface area contributed by atoms with E-state index in [2.05, 4.69) is 9.71 Å². The van der Waals surface area contributed by atoms with Crippen LogP contribution in [0.15, 0.2) is 79.8 Å². The molecule has 1 fully saturated rings. The Morgan fingerprint density at radius 3 is 2.47 bits per heavy atom. The number of oxazole rings is 1. The Bertz CT molecular complexity index is 1540. The van der Waals surface area contributed by atoms with E-state index in [4.69, 9.17) is 13.6 Å². The lowest BCUT2D eigenvalue weighted by molar-refractivity contribution is -0.129. The number of rotatable bonds is 8. The van der Waals surface area contributed by atoms with Crippen molar-refractivity contribution < 1.29 is 31.6 Å². The second kappa shape index (κ2) is 10.8. The quantitative estimate of drug-likeness (QED) is 0.324. The fourth-order valence-electron chi connectivity index (χ4n) is 3.92. The third kappa shape index (κ3) is 5.63. The number of hydrogen-bond donors (Lipinski definition) is 1. The fourth-order valence-corrected chi connectivity index (χ4v) is 5.74. The number of aromatic nitrogens is 1. The van der Waals surface area contributed by atoms with Crippen LogP contribution in [0.4, 0.5) is 5.69 Å². The van der Waals surface area contributed by atoms with Crippen LogP contribution >= 0.6 is 11.8 Å². The highest BCUT2D eigenvalue weighted by molar-refractivity contribution is 7.99. The van der Waals surface area contributed by atoms with E-state index < -0.39 is 10.0 Å². The summed E-state index contributed by atoms with van der Waals surface area (Å²) in [7, 11) is -2.32. The molecule has 4 aromatic rings. The Morgan fingerprint density at radius 1 is 1.05 bits per heavy atom. The predicted molar refractivity (Wildman–Crippen MR) is 140 cm³/mol. The number of ether oxygens (including phenoxy) is 1. The normalized spacial score (nSPS) is 14.0. The zero-order chi connectivity index (χ0) is 26.7. The van der Waals surface area contributed by atoms with Crippen molar-refractivity contribution in [3.05, 3.63) is 66.6 Å². The molecule has 5 rings (SSSR count). The maximum absolute atomic E-state index is 12.8. The Balaban J connectivity index is 1.17. The van der Waals surface area contributed by atoms with E-state index in [0.717, 1.165) is 11.8 Å². The second-order valence-electron chi connectivity index (χ2n) is 8.38. The number of methoxy groups -OCH3 is 1. The molecular formula is C25H24N4O7S2. The maximum atomic E-state index is 12.8. The molecule has 11 nitrogen and oxygen atoms in total. The standard InChI is InChI=1S/C25H24N4O7S2/c1-34-18-6-4-17(5-7-18)27-38(32,33)19-8-9-21-20(15-19)26-25(36-21)37-16-23(30)28-10-12-29(13-11-28)24(31)22-3-2-14-35-22/h2-9,14-15,27H,10-13,16H2,1H3. The van der Waals surface area contributed by atoms with Crippen LogP contribution in [0.2, 0.25) is 0 Å². The monoisotopic (exact) mass is 556 g/mol. The SMILES string of the molecule is COc1ccc(NS(=O)(=O)c2ccc3oc(SCC(=O)N4CCN(C(=O)c5ccco5)CC4)nc3c2)cc1. The van der Waals surface area contributed by atoms with Gasteiger partial charge in [0.1, 0.15) is 11.3 Å². The summed E-state index contributed by atoms with van der Waals surface area (Å²) in [6, 6.07) is 14.2. The van der Waals surface area contributed by atoms with Crippen LogP contribution < -0.4 is 9.46 Å². The van der Waals surface area contributed by atoms with E-state index in [1.54, 1.807) is 46.2 Å². The topological polar surface area (TPSA) is 135 Å². The Morgan fingerprint density at radius 2 is 1.79 bits per heavy atom. The number of carbonyl (C=O) groups excluding carboxylic acids is 2. The first-order valence-electron chi connectivity index (χ1n) is 11.6. The summed E-state index contributed by atoms with van der Waals surface area (Å²) < 4.78 is 44.2. The summed E-state index contributed by atoms with van der Waals surface area (Å²) in [5.41, 5.74) is 1.17. The molecule has 0 bridgehead atoms. The third-order valence-corrected chi connectivity index (χ3v) is 8.15. The van der Waals surface area contributed by atoms with E-state index in [-0.39, 0.29) is 33.4 Å². The summed E-state index contributed by atoms with van der Waals surface area (Å²) in [6.07, 6.45) is 1.45. The van der Waals surface area contributed by atoms with E-state index in [9.17, 15) is 18.0 Å². The maximum Gasteiger partial charge on any atom is 0.289 e. The van der Waals surface area contributed by atoms with Crippen molar-refractivity contribution in [2.75, 3.05) is 43.8 Å². The van der Waals surface area contributed by atoms with Gasteiger partial charge in [-0.05, 0) is 54.6 Å². The average Bonchev–Trinajstić information content (AvgIpc) is 3.61. The Labute approximate surface area is 222 Å². The van der Waals surface area contributed by atoms with Crippen LogP contribution in [-0.2, 0) is 14.8 Å². The highest BCUT2D eigenvalue weighted by atomic mass is 32.2. The van der Waals surface area contributed by atoms with Crippen molar-refractivity contribution in [2.45, 2.75) is 10.1 Å². The largest absolute Gasteiger partial charge is 0.497 e. The highest BCUT2D eigenvalue weighted by Crippen LogP contribution is 2.27. The van der Waals surface area contributed by atoms with Gasteiger partial charge in [-0.25, -0.2) is 13.4 Å². The van der Waals surface area contributed by atoms with Gasteiger partial charge in [-0.2, -0.15) is 0 Å². The van der Waals surface area contributed by atoms with E-state index in [1.165, 1.54) is 31.6 Å². The number of piperazine rings is 1. The number of furan rings is 1. The number of benzene rings is 2. The predicted octanol–water partition coefficient (Wildman–Crippen LogP) is 3.31. The molecule has 0 aliphatic carbocycles. The molecule has 1 saturated heterocycles. The minimum absolute atomic E-state index is 0.0312. The Hall–Kier alpha value is -3.97. The molecular weight excluding hydrogens is 532 g/mol. The van der Waals surface area contributed by atoms with Crippen LogP contribution in [0.5, 0.6) is 5.75 Å². The molecule has 3 heterocycles. The molecule has 13 heteroatoms. The van der Waals surface area contributed by atoms with Gasteiger partial charge in [0.25, 0.3) is 21.2 Å². The van der Waals surface area contributed by atoms with E-state index in [1.807, 2.05) is 0 Å². The van der Waals surface area contributed by atoms with Gasteiger partial charge in [0.15, 0.2) is 11.3 Å². The van der Waals surface area contributed by atoms with Crippen molar-refractivity contribution in [3.63, 3.8) is 0 Å². The molecule has 1 aliphatic heterocycles. The van der Waals surface area contributed by atoms with Crippen LogP contribution in [0, 0.1) is 0 Å². The van der Waals surface area contributed by atoms with E-state index >= 15 is 0 Å². The van der Waals surface area contributed by atoms with Gasteiger partial charge in [0.05, 0.1) is 24.0 Å². The number of sulfonamides is 1. The molecule has 2 aromatic heterocycles. The molecule has 0 spiro atoms. The van der Waals surface area contributed by atoms with Gasteiger partial charge >= 0.3 is 0 Å². The summed E-state index contributed by atoms with van der Waals surface area (Å²) in [4.78, 5) is 32.8. The molecule has 2 amide bonds. The van der Waals surface area contributed by atoms with Crippen molar-refractivity contribution in [2.24, 2.45) is 0 Å². The summed E-state index contributed by atoms with van der Waals surface area (Å²) in [6.45, 7) is 1.67. The molecule has 0 atom stereocenters. The first kappa shape index (κ1) is 25.7. The fraction of sp³-hybridized carbons (Fsp3) is 0.240. The van der Waals surface area contributed by atoms with E-state index in [0.29, 0.717) is 48.7 Å². The smallest absolute Gasteiger partial charge is 0.289 e. The van der Waals surface area contributed by atoms with Gasteiger partial charge in [-0.15, -0.1) is 0 Å². The lowest BCUT2D eigenvalue weighted by Gasteiger charge is -2.34. The van der Waals surface area contributed by atoms with Crippen molar-refractivity contribution in [1.29, 1.82) is 0 Å². The van der Waals surface area contributed by atoms with Crippen LogP contribution in [0.3, 0.4) is 0 Å². The van der Waals surface area contributed by atoms with Crippen molar-refractivity contribution in [1.82, 2.24) is 14.8 Å². The van der Waals surface area contributed by atoms with Crippen LogP contribution in [0.25, 0.3) is 11.1 Å². The number of carbonyl (C=O) groups is 2. The number of nitrogens with one attached hydrogen (secondary N) is 1. The average molecular weight is 557 g/mol. The van der Waals surface area contributed by atoms with Crippen molar-refractivity contribution >= 4 is 50.4 Å². The zero-order valence-electron chi connectivity index (χ0n) is 20.3. The lowest BCUT2D eigenvalue weighted by Crippen LogP contribution is -2.51. The summed E-state index contributed by atoms with van der Waals surface area (Å²) in [5, 5.41) is 0.262. The number of hydrogen-bond acceptors (Lipinski definition) is 9. The molecule has 0 radical (unpaired) electrons. The first-order valence-corrected chi connectivity index (χ1v) is 14.1. The lowest BCUT2D eigenvalue weighted by atomic mass is 10.3. The number of fused-ring (bicyclic) bond motifs is 1. The molecule has 0 unspecified atom stereocenters. The zero-order valence-corrected chi connectivity index (χ0v) is 22.0. The summed E-state index contributed by atoms with van der Waals surface area (Å²) in [5.74, 6) is 0.702. The van der Waals surface area contributed by atoms with Gasteiger partial charge in [0, 0.05) is 31.9 Å². The minimum atomic E-state index is -3.85. The minimum Gasteiger partial charge on any atom is -0.497 e. The number of amides is 2. The molecule has 38 heavy (non-hydrogen) atoms. The molecule has 1 aliphatic rings. The number of anilines is 1. The molecule has 1 N–H and O–H groups in total. The van der Waals surface area contributed by atoms with Crippen LogP contribution in [0.1, 0.15) is 10.6 Å². The van der Waals surface area contributed by atoms with Gasteiger partial charge in [-0.3, -0.25) is 14.3 Å². The van der Waals surface area contributed by atoms with Crippen molar-refractivity contribution in [3.8, 4) is 5.75 Å². The molecule has 0 saturated carbocycles. The van der Waals surface area contributed by atoms with Gasteiger partial charge < -0.3 is 23.4 Å². The van der Waals surface area contributed by atoms with Crippen LogP contribution in [-0.4, -0.2) is 74.1 Å². The molecule has 2 aromatic carbocycles. The first-order chi connectivity index (χ1) is 18.3. The Kier molecular flexibility index (Phi) is 7.29. The second-order valence-corrected chi connectivity index (χ2v) is 11.0. The van der Waals surface area contributed by atoms with Gasteiger partial charge in [0.2, 0.25) is 5.91 Å². The summed E-state index contributed by atoms with van der Waals surface area (Å²) >= 11 is 1.13. The third-order valence-electron chi connectivity index (χ3n) is 5.96.